The van der Waals surface area contributed by atoms with Crippen LogP contribution < -0.4 is 10.2 Å². The second kappa shape index (κ2) is 11.1. The van der Waals surface area contributed by atoms with Crippen molar-refractivity contribution in [3.05, 3.63) is 88.9 Å². The molecule has 180 valence electrons. The second-order valence-corrected chi connectivity index (χ2v) is 8.51. The smallest absolute Gasteiger partial charge is 0.249 e. The summed E-state index contributed by atoms with van der Waals surface area (Å²) in [5.74, 6) is -0.643. The number of hydrogen-bond acceptors (Lipinski definition) is 5. The third-order valence-corrected chi connectivity index (χ3v) is 5.80. The molecule has 8 nitrogen and oxygen atoms in total. The van der Waals surface area contributed by atoms with Crippen LogP contribution in [-0.2, 0) is 20.9 Å². The summed E-state index contributed by atoms with van der Waals surface area (Å²) in [6.45, 7) is 2.50. The normalized spacial score (nSPS) is 11.9. The summed E-state index contributed by atoms with van der Waals surface area (Å²) >= 11 is 6.11. The lowest BCUT2D eigenvalue weighted by Gasteiger charge is -2.32. The van der Waals surface area contributed by atoms with E-state index in [-0.39, 0.29) is 18.4 Å². The van der Waals surface area contributed by atoms with E-state index in [0.29, 0.717) is 34.9 Å². The highest BCUT2D eigenvalue weighted by Gasteiger charge is 2.33. The van der Waals surface area contributed by atoms with E-state index < -0.39 is 6.04 Å². The lowest BCUT2D eigenvalue weighted by atomic mass is 10.0. The highest BCUT2D eigenvalue weighted by atomic mass is 35.5. The predicted molar refractivity (Wildman–Crippen MR) is 135 cm³/mol. The van der Waals surface area contributed by atoms with Crippen molar-refractivity contribution in [2.45, 2.75) is 19.5 Å². The summed E-state index contributed by atoms with van der Waals surface area (Å²) in [6, 6.07) is 20.9. The first-order valence-electron chi connectivity index (χ1n) is 11.2. The van der Waals surface area contributed by atoms with E-state index in [0.717, 1.165) is 11.1 Å². The number of carbonyl (C=O) groups is 2. The van der Waals surface area contributed by atoms with E-state index in [4.69, 9.17) is 16.3 Å². The average molecular weight is 492 g/mol. The quantitative estimate of drug-likeness (QED) is 0.358. The number of fused-ring (bicyclic) bond motifs is 1. The van der Waals surface area contributed by atoms with Crippen LogP contribution in [0.4, 0.5) is 5.69 Å². The number of aryl methyl sites for hydroxylation is 1. The molecule has 3 aromatic carbocycles. The zero-order valence-corrected chi connectivity index (χ0v) is 20.3. The van der Waals surface area contributed by atoms with Crippen molar-refractivity contribution in [1.29, 1.82) is 0 Å². The minimum absolute atomic E-state index is 0.0934. The first-order valence-corrected chi connectivity index (χ1v) is 11.5. The minimum Gasteiger partial charge on any atom is -0.383 e. The van der Waals surface area contributed by atoms with Gasteiger partial charge in [-0.15, -0.1) is 5.10 Å². The van der Waals surface area contributed by atoms with Gasteiger partial charge in [0.2, 0.25) is 11.8 Å². The van der Waals surface area contributed by atoms with E-state index in [1.54, 1.807) is 36.1 Å². The number of para-hydroxylation sites is 1. The predicted octanol–water partition coefficient (Wildman–Crippen LogP) is 3.93. The molecule has 0 saturated heterocycles. The molecule has 0 spiro atoms. The van der Waals surface area contributed by atoms with Crippen molar-refractivity contribution in [3.8, 4) is 0 Å². The molecular weight excluding hydrogens is 466 g/mol. The largest absolute Gasteiger partial charge is 0.383 e. The molecule has 0 radical (unpaired) electrons. The fourth-order valence-corrected chi connectivity index (χ4v) is 4.02. The van der Waals surface area contributed by atoms with Crippen molar-refractivity contribution < 1.29 is 14.3 Å². The molecule has 0 bridgehead atoms. The van der Waals surface area contributed by atoms with Crippen molar-refractivity contribution in [2.75, 3.05) is 25.2 Å². The Morgan fingerprint density at radius 3 is 2.60 bits per heavy atom. The topological polar surface area (TPSA) is 89.4 Å². The Morgan fingerprint density at radius 2 is 1.86 bits per heavy atom. The Kier molecular flexibility index (Phi) is 7.74. The first-order chi connectivity index (χ1) is 17.0. The fraction of sp³-hybridized carbons (Fsp3) is 0.231. The van der Waals surface area contributed by atoms with Crippen LogP contribution in [0.15, 0.2) is 72.8 Å². The molecule has 1 heterocycles. The average Bonchev–Trinajstić information content (AvgIpc) is 3.26. The number of benzene rings is 3. The molecule has 0 fully saturated rings. The minimum atomic E-state index is -0.937. The summed E-state index contributed by atoms with van der Waals surface area (Å²) in [5, 5.41) is 11.7. The Hall–Kier alpha value is -3.75. The molecule has 2 amide bonds. The van der Waals surface area contributed by atoms with Crippen LogP contribution in [0.2, 0.25) is 5.02 Å². The summed E-state index contributed by atoms with van der Waals surface area (Å²) in [4.78, 5) is 28.9. The molecule has 1 atom stereocenters. The fourth-order valence-electron chi connectivity index (χ4n) is 3.89. The van der Waals surface area contributed by atoms with Crippen molar-refractivity contribution in [3.63, 3.8) is 0 Å². The number of carbonyl (C=O) groups excluding carboxylic acids is 2. The van der Waals surface area contributed by atoms with Crippen LogP contribution in [-0.4, -0.2) is 47.1 Å². The zero-order valence-electron chi connectivity index (χ0n) is 19.5. The monoisotopic (exact) mass is 491 g/mol. The Balaban J connectivity index is 1.77. The number of amides is 2. The number of methoxy groups -OCH3 is 1. The lowest BCUT2D eigenvalue weighted by Crippen LogP contribution is -2.46. The molecule has 0 aliphatic rings. The van der Waals surface area contributed by atoms with Gasteiger partial charge in [-0.25, -0.2) is 4.68 Å². The third kappa shape index (κ3) is 5.67. The number of halogens is 1. The van der Waals surface area contributed by atoms with Gasteiger partial charge in [0.1, 0.15) is 18.1 Å². The summed E-state index contributed by atoms with van der Waals surface area (Å²) < 4.78 is 6.63. The third-order valence-electron chi connectivity index (χ3n) is 5.55. The number of hydrogen-bond donors (Lipinski definition) is 1. The van der Waals surface area contributed by atoms with E-state index in [1.807, 2.05) is 55.5 Å². The standard InChI is InChI=1S/C26H26ClN5O3/c1-18-6-5-7-21(16-18)32(24(33)17-31-23-9-4-3-8-22(23)29-30-31)25(26(34)28-14-15-35-2)19-10-12-20(27)13-11-19/h3-13,16,25H,14-15,17H2,1-2H3,(H,28,34)/t25-/m0/s1. The summed E-state index contributed by atoms with van der Waals surface area (Å²) in [7, 11) is 1.56. The maximum atomic E-state index is 13.9. The maximum Gasteiger partial charge on any atom is 0.249 e. The molecule has 0 aliphatic heterocycles. The van der Waals surface area contributed by atoms with Crippen molar-refractivity contribution in [2.24, 2.45) is 0 Å². The zero-order chi connectivity index (χ0) is 24.8. The van der Waals surface area contributed by atoms with Crippen LogP contribution in [0.3, 0.4) is 0 Å². The van der Waals surface area contributed by atoms with E-state index in [1.165, 1.54) is 4.90 Å². The Labute approximate surface area is 208 Å². The second-order valence-electron chi connectivity index (χ2n) is 8.08. The molecule has 0 unspecified atom stereocenters. The SMILES string of the molecule is COCCNC(=O)[C@H](c1ccc(Cl)cc1)N(C(=O)Cn1nnc2ccccc21)c1cccc(C)c1. The van der Waals surface area contributed by atoms with Gasteiger partial charge < -0.3 is 10.1 Å². The van der Waals surface area contributed by atoms with Crippen LogP contribution in [0, 0.1) is 6.92 Å². The van der Waals surface area contributed by atoms with Crippen LogP contribution in [0.25, 0.3) is 11.0 Å². The van der Waals surface area contributed by atoms with Gasteiger partial charge in [-0.05, 0) is 54.4 Å². The number of ether oxygens (including phenoxy) is 1. The molecule has 0 saturated carbocycles. The maximum absolute atomic E-state index is 13.9. The summed E-state index contributed by atoms with van der Waals surface area (Å²) in [6.07, 6.45) is 0. The van der Waals surface area contributed by atoms with Gasteiger partial charge in [-0.2, -0.15) is 0 Å². The molecule has 1 N–H and O–H groups in total. The van der Waals surface area contributed by atoms with Gasteiger partial charge in [0.15, 0.2) is 0 Å². The molecule has 35 heavy (non-hydrogen) atoms. The number of nitrogens with zero attached hydrogens (tertiary/aromatic N) is 4. The Bertz CT molecular complexity index is 1320. The summed E-state index contributed by atoms with van der Waals surface area (Å²) in [5.41, 5.74) is 3.61. The number of aromatic nitrogens is 3. The van der Waals surface area contributed by atoms with Crippen molar-refractivity contribution in [1.82, 2.24) is 20.3 Å². The molecule has 1 aromatic heterocycles. The molecule has 4 rings (SSSR count). The van der Waals surface area contributed by atoms with Gasteiger partial charge in [-0.1, -0.05) is 53.2 Å². The van der Waals surface area contributed by atoms with E-state index in [2.05, 4.69) is 15.6 Å². The van der Waals surface area contributed by atoms with Crippen LogP contribution in [0.1, 0.15) is 17.2 Å². The number of anilines is 1. The number of rotatable bonds is 9. The van der Waals surface area contributed by atoms with Gasteiger partial charge >= 0.3 is 0 Å². The number of nitrogens with one attached hydrogen (secondary N) is 1. The van der Waals surface area contributed by atoms with Crippen LogP contribution in [0.5, 0.6) is 0 Å². The van der Waals surface area contributed by atoms with Gasteiger partial charge in [0, 0.05) is 24.4 Å². The molecular formula is C26H26ClN5O3. The van der Waals surface area contributed by atoms with Gasteiger partial charge in [-0.3, -0.25) is 14.5 Å². The van der Waals surface area contributed by atoms with E-state index in [9.17, 15) is 9.59 Å². The highest BCUT2D eigenvalue weighted by Crippen LogP contribution is 2.30. The molecule has 0 aliphatic carbocycles. The van der Waals surface area contributed by atoms with Gasteiger partial charge in [0.25, 0.3) is 0 Å². The van der Waals surface area contributed by atoms with E-state index >= 15 is 0 Å². The first kappa shape index (κ1) is 24.4. The Morgan fingerprint density at radius 1 is 1.09 bits per heavy atom. The lowest BCUT2D eigenvalue weighted by molar-refractivity contribution is -0.127. The molecule has 4 aromatic rings. The van der Waals surface area contributed by atoms with Gasteiger partial charge in [0.05, 0.1) is 12.1 Å². The molecule has 9 heteroatoms. The van der Waals surface area contributed by atoms with Crippen molar-refractivity contribution >= 4 is 40.1 Å². The van der Waals surface area contributed by atoms with Crippen LogP contribution >= 0.6 is 11.6 Å². The highest BCUT2D eigenvalue weighted by molar-refractivity contribution is 6.30.